The van der Waals surface area contributed by atoms with Crippen molar-refractivity contribution in [3.63, 3.8) is 0 Å². The maximum Gasteiger partial charge on any atom is 0.255 e. The van der Waals surface area contributed by atoms with E-state index in [1.807, 2.05) is 43.0 Å². The number of nitrogens with one attached hydrogen (secondary N) is 2. The molecule has 1 unspecified atom stereocenters. The highest BCUT2D eigenvalue weighted by Gasteiger charge is 2.17. The molecule has 1 atom stereocenters. The number of rotatable bonds is 6. The molecule has 1 aliphatic heterocycles. The molecule has 2 heterocycles. The van der Waals surface area contributed by atoms with Crippen LogP contribution >= 0.6 is 0 Å². The van der Waals surface area contributed by atoms with Crippen molar-refractivity contribution >= 4 is 22.6 Å². The minimum atomic E-state index is -0.177. The van der Waals surface area contributed by atoms with Gasteiger partial charge in [-0.15, -0.1) is 0 Å². The first-order valence-electron chi connectivity index (χ1n) is 10.7. The largest absolute Gasteiger partial charge is 0.378 e. The summed E-state index contributed by atoms with van der Waals surface area (Å²) >= 11 is 0. The summed E-state index contributed by atoms with van der Waals surface area (Å²) in [5.41, 5.74) is 2.13. The summed E-state index contributed by atoms with van der Waals surface area (Å²) in [6.07, 6.45) is 0.587. The third kappa shape index (κ3) is 4.77. The summed E-state index contributed by atoms with van der Waals surface area (Å²) in [6, 6.07) is 14.1. The fourth-order valence-electron chi connectivity index (χ4n) is 4.07. The van der Waals surface area contributed by atoms with Gasteiger partial charge in [0.25, 0.3) is 5.56 Å². The Labute approximate surface area is 181 Å². The Morgan fingerprint density at radius 2 is 1.94 bits per heavy atom. The smallest absolute Gasteiger partial charge is 0.255 e. The molecule has 31 heavy (non-hydrogen) atoms. The first kappa shape index (κ1) is 21.1. The maximum absolute atomic E-state index is 12.6. The Kier molecular flexibility index (Phi) is 6.32. The molecule has 1 fully saturated rings. The number of aromatic nitrogens is 2. The first-order valence-corrected chi connectivity index (χ1v) is 10.7. The van der Waals surface area contributed by atoms with E-state index in [0.717, 1.165) is 16.3 Å². The van der Waals surface area contributed by atoms with E-state index in [0.29, 0.717) is 49.9 Å². The van der Waals surface area contributed by atoms with E-state index >= 15 is 0 Å². The molecule has 2 aromatic carbocycles. The van der Waals surface area contributed by atoms with Gasteiger partial charge >= 0.3 is 0 Å². The van der Waals surface area contributed by atoms with Gasteiger partial charge in [0.1, 0.15) is 0 Å². The molecule has 1 aliphatic rings. The molecule has 162 valence electrons. The van der Waals surface area contributed by atoms with Crippen LogP contribution in [0.5, 0.6) is 0 Å². The monoisotopic (exact) mass is 420 g/mol. The van der Waals surface area contributed by atoms with Crippen LogP contribution in [0.1, 0.15) is 36.2 Å². The van der Waals surface area contributed by atoms with Crippen LogP contribution in [0.4, 0.5) is 5.95 Å². The lowest BCUT2D eigenvalue weighted by molar-refractivity contribution is -0.121. The molecule has 0 spiro atoms. The molecule has 0 saturated carbocycles. The number of nitrogens with zero attached hydrogens (tertiary/aromatic N) is 2. The molecule has 0 radical (unpaired) electrons. The number of fused-ring (bicyclic) bond motifs is 1. The lowest BCUT2D eigenvalue weighted by atomic mass is 9.99. The molecular weight excluding hydrogens is 392 g/mol. The average Bonchev–Trinajstić information content (AvgIpc) is 2.78. The van der Waals surface area contributed by atoms with Gasteiger partial charge in [-0.25, -0.2) is 4.98 Å². The molecule has 7 heteroatoms. The van der Waals surface area contributed by atoms with Gasteiger partial charge in [0.15, 0.2) is 0 Å². The second kappa shape index (κ2) is 9.31. The second-order valence-corrected chi connectivity index (χ2v) is 7.91. The molecule has 4 rings (SSSR count). The number of benzene rings is 2. The van der Waals surface area contributed by atoms with Gasteiger partial charge in [-0.2, -0.15) is 0 Å². The number of ether oxygens (including phenoxy) is 1. The Morgan fingerprint density at radius 1 is 1.19 bits per heavy atom. The number of aryl methyl sites for hydroxylation is 1. The highest BCUT2D eigenvalue weighted by atomic mass is 16.5. The zero-order valence-electron chi connectivity index (χ0n) is 18.0. The Morgan fingerprint density at radius 3 is 2.71 bits per heavy atom. The summed E-state index contributed by atoms with van der Waals surface area (Å²) in [6.45, 7) is 6.47. The number of hydrogen-bond acceptors (Lipinski definition) is 5. The highest BCUT2D eigenvalue weighted by molar-refractivity contribution is 5.86. The molecule has 3 aromatic rings. The summed E-state index contributed by atoms with van der Waals surface area (Å²) in [5, 5.41) is 5.35. The van der Waals surface area contributed by atoms with E-state index < -0.39 is 0 Å². The Balaban J connectivity index is 1.41. The summed E-state index contributed by atoms with van der Waals surface area (Å²) in [4.78, 5) is 34.7. The van der Waals surface area contributed by atoms with Crippen molar-refractivity contribution in [2.45, 2.75) is 32.7 Å². The third-order valence-corrected chi connectivity index (χ3v) is 5.79. The standard InChI is InChI=1S/C24H28N4O3/c1-16(19-9-5-7-18-6-3-4-8-21(18)19)25-22(29)11-10-20-17(2)26-24(27-23(20)30)28-12-14-31-15-13-28/h3-9,16H,10-15H2,1-2H3,(H,25,29)(H,26,27,30). The maximum atomic E-state index is 12.6. The van der Waals surface area contributed by atoms with Crippen LogP contribution in [0.2, 0.25) is 0 Å². The predicted molar refractivity (Wildman–Crippen MR) is 121 cm³/mol. The van der Waals surface area contributed by atoms with Crippen molar-refractivity contribution in [3.05, 3.63) is 69.6 Å². The topological polar surface area (TPSA) is 87.3 Å². The van der Waals surface area contributed by atoms with E-state index in [4.69, 9.17) is 4.74 Å². The van der Waals surface area contributed by atoms with Crippen molar-refractivity contribution in [1.82, 2.24) is 15.3 Å². The Hall–Kier alpha value is -3.19. The SMILES string of the molecule is Cc1nc(N2CCOCC2)[nH]c(=O)c1CCC(=O)NC(C)c1cccc2ccccc12. The van der Waals surface area contributed by atoms with Crippen LogP contribution in [-0.4, -0.2) is 42.2 Å². The van der Waals surface area contributed by atoms with Gasteiger partial charge in [0.2, 0.25) is 11.9 Å². The van der Waals surface area contributed by atoms with Crippen LogP contribution < -0.4 is 15.8 Å². The van der Waals surface area contributed by atoms with Gasteiger partial charge in [-0.3, -0.25) is 14.6 Å². The number of morpholine rings is 1. The zero-order valence-corrected chi connectivity index (χ0v) is 18.0. The fraction of sp³-hybridized carbons (Fsp3) is 0.375. The number of H-pyrrole nitrogens is 1. The summed E-state index contributed by atoms with van der Waals surface area (Å²) < 4.78 is 5.35. The van der Waals surface area contributed by atoms with Crippen LogP contribution in [0.3, 0.4) is 0 Å². The Bertz CT molecular complexity index is 1130. The molecule has 0 aliphatic carbocycles. The number of hydrogen-bond donors (Lipinski definition) is 2. The van der Waals surface area contributed by atoms with Crippen LogP contribution in [0.15, 0.2) is 47.3 Å². The summed E-state index contributed by atoms with van der Waals surface area (Å²) in [7, 11) is 0. The van der Waals surface area contributed by atoms with E-state index in [1.54, 1.807) is 0 Å². The summed E-state index contributed by atoms with van der Waals surface area (Å²) in [5.74, 6) is 0.486. The van der Waals surface area contributed by atoms with Gasteiger partial charge < -0.3 is 15.0 Å². The van der Waals surface area contributed by atoms with Crippen molar-refractivity contribution in [2.75, 3.05) is 31.2 Å². The number of carbonyl (C=O) groups is 1. The van der Waals surface area contributed by atoms with Crippen LogP contribution in [-0.2, 0) is 16.0 Å². The average molecular weight is 421 g/mol. The zero-order chi connectivity index (χ0) is 21.8. The van der Waals surface area contributed by atoms with Crippen molar-refractivity contribution in [2.24, 2.45) is 0 Å². The van der Waals surface area contributed by atoms with E-state index in [9.17, 15) is 9.59 Å². The van der Waals surface area contributed by atoms with Crippen molar-refractivity contribution < 1.29 is 9.53 Å². The fourth-order valence-corrected chi connectivity index (χ4v) is 4.07. The lowest BCUT2D eigenvalue weighted by Gasteiger charge is -2.27. The van der Waals surface area contributed by atoms with Crippen LogP contribution in [0, 0.1) is 6.92 Å². The highest BCUT2D eigenvalue weighted by Crippen LogP contribution is 2.24. The van der Waals surface area contributed by atoms with Crippen molar-refractivity contribution in [3.8, 4) is 0 Å². The molecule has 0 bridgehead atoms. The predicted octanol–water partition coefficient (Wildman–Crippen LogP) is 2.88. The lowest BCUT2D eigenvalue weighted by Crippen LogP contribution is -2.38. The molecule has 1 amide bonds. The van der Waals surface area contributed by atoms with Gasteiger partial charge in [0.05, 0.1) is 19.3 Å². The second-order valence-electron chi connectivity index (χ2n) is 7.91. The normalized spacial score (nSPS) is 15.1. The van der Waals surface area contributed by atoms with E-state index in [2.05, 4.69) is 33.5 Å². The number of carbonyl (C=O) groups excluding carboxylic acids is 1. The van der Waals surface area contributed by atoms with Crippen molar-refractivity contribution in [1.29, 1.82) is 0 Å². The minimum Gasteiger partial charge on any atom is -0.378 e. The molecule has 2 N–H and O–H groups in total. The molecule has 1 saturated heterocycles. The minimum absolute atomic E-state index is 0.0866. The van der Waals surface area contributed by atoms with Gasteiger partial charge in [0, 0.05) is 30.8 Å². The molecular formula is C24H28N4O3. The first-order chi connectivity index (χ1) is 15.0. The van der Waals surface area contributed by atoms with Gasteiger partial charge in [-0.05, 0) is 36.6 Å². The number of anilines is 1. The third-order valence-electron chi connectivity index (χ3n) is 5.79. The number of aromatic amines is 1. The van der Waals surface area contributed by atoms with Crippen LogP contribution in [0.25, 0.3) is 10.8 Å². The van der Waals surface area contributed by atoms with Gasteiger partial charge in [-0.1, -0.05) is 42.5 Å². The van der Waals surface area contributed by atoms with E-state index in [1.165, 1.54) is 0 Å². The van der Waals surface area contributed by atoms with E-state index in [-0.39, 0.29) is 23.9 Å². The quantitative estimate of drug-likeness (QED) is 0.640. The molecule has 7 nitrogen and oxygen atoms in total. The number of amides is 1. The molecule has 1 aromatic heterocycles.